The highest BCUT2D eigenvalue weighted by atomic mass is 16.7. The summed E-state index contributed by atoms with van der Waals surface area (Å²) in [5, 5.41) is 87.2. The molecule has 0 saturated carbocycles. The zero-order valence-electron chi connectivity index (χ0n) is 48.2. The van der Waals surface area contributed by atoms with Gasteiger partial charge in [0.2, 0.25) is 5.91 Å². The van der Waals surface area contributed by atoms with Crippen LogP contribution >= 0.6 is 0 Å². The number of rotatable bonds is 49. The predicted molar refractivity (Wildman–Crippen MR) is 309 cm³/mol. The van der Waals surface area contributed by atoms with Gasteiger partial charge in [0.15, 0.2) is 12.6 Å². The van der Waals surface area contributed by atoms with E-state index in [0.29, 0.717) is 6.42 Å². The van der Waals surface area contributed by atoms with Gasteiger partial charge < -0.3 is 65.1 Å². The van der Waals surface area contributed by atoms with E-state index >= 15 is 0 Å². The van der Waals surface area contributed by atoms with E-state index in [9.17, 15) is 45.6 Å². The second-order valence-electron chi connectivity index (χ2n) is 21.8. The van der Waals surface area contributed by atoms with Crippen LogP contribution in [0.15, 0.2) is 60.8 Å². The second kappa shape index (κ2) is 48.4. The van der Waals surface area contributed by atoms with Crippen LogP contribution in [0.2, 0.25) is 0 Å². The van der Waals surface area contributed by atoms with Crippen LogP contribution in [0, 0.1) is 0 Å². The summed E-state index contributed by atoms with van der Waals surface area (Å²) in [5.74, 6) is -0.242. The van der Waals surface area contributed by atoms with Crippen molar-refractivity contribution >= 4 is 5.91 Å². The van der Waals surface area contributed by atoms with Crippen molar-refractivity contribution in [1.82, 2.24) is 5.32 Å². The Morgan fingerprint density at radius 3 is 1.38 bits per heavy atom. The van der Waals surface area contributed by atoms with Gasteiger partial charge in [0.25, 0.3) is 0 Å². The summed E-state index contributed by atoms with van der Waals surface area (Å²) in [4.78, 5) is 13.3. The first kappa shape index (κ1) is 70.8. The van der Waals surface area contributed by atoms with E-state index in [1.165, 1.54) is 141 Å². The summed E-state index contributed by atoms with van der Waals surface area (Å²) < 4.78 is 22.8. The number of allylic oxidation sites excluding steroid dienone is 9. The lowest BCUT2D eigenvalue weighted by Crippen LogP contribution is -2.65. The molecule has 1 amide bonds. The minimum absolute atomic E-state index is 0.242. The van der Waals surface area contributed by atoms with Crippen molar-refractivity contribution in [3.05, 3.63) is 60.8 Å². The van der Waals surface area contributed by atoms with Crippen molar-refractivity contribution in [2.75, 3.05) is 19.8 Å². The number of hydrogen-bond acceptors (Lipinski definition) is 13. The molecule has 2 aliphatic rings. The van der Waals surface area contributed by atoms with Crippen LogP contribution in [0.25, 0.3) is 0 Å². The third-order valence-corrected chi connectivity index (χ3v) is 15.0. The first-order chi connectivity index (χ1) is 37.6. The molecule has 2 fully saturated rings. The van der Waals surface area contributed by atoms with Gasteiger partial charge in [-0.3, -0.25) is 4.79 Å². The van der Waals surface area contributed by atoms with Crippen molar-refractivity contribution in [1.29, 1.82) is 0 Å². The fraction of sp³-hybridized carbons (Fsp3) is 0.825. The Labute approximate surface area is 466 Å². The molecular formula is C63H113NO13. The van der Waals surface area contributed by atoms with Crippen molar-refractivity contribution in [3.8, 4) is 0 Å². The molecule has 0 aromatic heterocycles. The molecule has 77 heavy (non-hydrogen) atoms. The molecular weight excluding hydrogens is 979 g/mol. The van der Waals surface area contributed by atoms with Crippen LogP contribution in [0.4, 0.5) is 0 Å². The summed E-state index contributed by atoms with van der Waals surface area (Å²) in [6.45, 7) is 2.70. The van der Waals surface area contributed by atoms with Crippen molar-refractivity contribution in [3.63, 3.8) is 0 Å². The second-order valence-corrected chi connectivity index (χ2v) is 21.8. The molecule has 0 aliphatic carbocycles. The van der Waals surface area contributed by atoms with E-state index in [-0.39, 0.29) is 18.9 Å². The Balaban J connectivity index is 1.74. The van der Waals surface area contributed by atoms with E-state index in [0.717, 1.165) is 70.6 Å². The van der Waals surface area contributed by atoms with E-state index in [4.69, 9.17) is 18.9 Å². The number of hydrogen-bond donors (Lipinski definition) is 9. The number of carbonyl (C=O) groups excluding carboxylic acids is 1. The van der Waals surface area contributed by atoms with Crippen LogP contribution in [-0.4, -0.2) is 140 Å². The summed E-state index contributed by atoms with van der Waals surface area (Å²) >= 11 is 0. The lowest BCUT2D eigenvalue weighted by molar-refractivity contribution is -0.359. The van der Waals surface area contributed by atoms with E-state index in [2.05, 4.69) is 67.8 Å². The molecule has 0 bridgehead atoms. The number of aliphatic hydroxyl groups is 8. The Bertz CT molecular complexity index is 1520. The van der Waals surface area contributed by atoms with Gasteiger partial charge in [-0.05, 0) is 57.8 Å². The van der Waals surface area contributed by atoms with Crippen LogP contribution in [0.5, 0.6) is 0 Å². The maximum absolute atomic E-state index is 13.3. The topological polar surface area (TPSA) is 228 Å². The number of amides is 1. The standard InChI is InChI=1S/C63H113NO13/c1-3-5-7-9-11-13-15-17-19-21-23-24-25-26-27-28-29-31-33-35-37-39-41-43-45-47-55(68)64-51(52(67)46-44-42-40-38-36-34-32-30-22-20-18-16-14-12-10-8-6-4-2)50-74-62-60(73)58(71)61(54(49-66)76-62)77-63-59(72)57(70)56(69)53(48-65)75-63/h5,7,11,13,17,19,23-24,44,46,51-54,56-63,65-67,69-73H,3-4,6,8-10,12,14-16,18,20-22,25-43,45,47-50H2,1-2H3,(H,64,68)/b7-5-,13-11-,19-17-,24-23-,46-44+. The molecule has 2 rings (SSSR count). The molecule has 448 valence electrons. The Morgan fingerprint density at radius 1 is 0.481 bits per heavy atom. The average Bonchev–Trinajstić information content (AvgIpc) is 3.44. The van der Waals surface area contributed by atoms with E-state index in [1.54, 1.807) is 6.08 Å². The lowest BCUT2D eigenvalue weighted by atomic mass is 9.97. The third-order valence-electron chi connectivity index (χ3n) is 15.0. The molecule has 0 aromatic carbocycles. The van der Waals surface area contributed by atoms with Gasteiger partial charge in [-0.15, -0.1) is 0 Å². The summed E-state index contributed by atoms with van der Waals surface area (Å²) in [6.07, 6.45) is 45.4. The molecule has 2 aliphatic heterocycles. The highest BCUT2D eigenvalue weighted by Gasteiger charge is 2.51. The Hall–Kier alpha value is -2.31. The van der Waals surface area contributed by atoms with Gasteiger partial charge in [0.05, 0.1) is 32.0 Å². The molecule has 2 saturated heterocycles. The maximum atomic E-state index is 13.3. The molecule has 0 radical (unpaired) electrons. The molecule has 0 spiro atoms. The third kappa shape index (κ3) is 33.9. The monoisotopic (exact) mass is 1090 g/mol. The van der Waals surface area contributed by atoms with Gasteiger partial charge in [0.1, 0.15) is 48.8 Å². The van der Waals surface area contributed by atoms with Gasteiger partial charge in [-0.25, -0.2) is 0 Å². The first-order valence-corrected chi connectivity index (χ1v) is 31.0. The molecule has 12 unspecified atom stereocenters. The fourth-order valence-electron chi connectivity index (χ4n) is 9.99. The van der Waals surface area contributed by atoms with Crippen LogP contribution < -0.4 is 5.32 Å². The maximum Gasteiger partial charge on any atom is 0.220 e. The van der Waals surface area contributed by atoms with Gasteiger partial charge >= 0.3 is 0 Å². The molecule has 9 N–H and O–H groups in total. The summed E-state index contributed by atoms with van der Waals surface area (Å²) in [6, 6.07) is -0.918. The van der Waals surface area contributed by atoms with Crippen LogP contribution in [0.3, 0.4) is 0 Å². The number of carbonyl (C=O) groups is 1. The molecule has 14 heteroatoms. The van der Waals surface area contributed by atoms with Crippen molar-refractivity contribution in [2.45, 2.75) is 312 Å². The summed E-state index contributed by atoms with van der Waals surface area (Å²) in [5.41, 5.74) is 0. The molecule has 12 atom stereocenters. The fourth-order valence-corrected chi connectivity index (χ4v) is 9.99. The largest absolute Gasteiger partial charge is 0.394 e. The lowest BCUT2D eigenvalue weighted by Gasteiger charge is -2.46. The predicted octanol–water partition coefficient (Wildman–Crippen LogP) is 10.9. The van der Waals surface area contributed by atoms with E-state index < -0.39 is 86.8 Å². The van der Waals surface area contributed by atoms with Crippen molar-refractivity contribution < 1.29 is 64.6 Å². The van der Waals surface area contributed by atoms with Crippen molar-refractivity contribution in [2.24, 2.45) is 0 Å². The average molecular weight is 1090 g/mol. The zero-order valence-corrected chi connectivity index (χ0v) is 48.2. The molecule has 2 heterocycles. The van der Waals surface area contributed by atoms with Gasteiger partial charge in [-0.1, -0.05) is 235 Å². The highest BCUT2D eigenvalue weighted by Crippen LogP contribution is 2.30. The molecule has 0 aromatic rings. The zero-order chi connectivity index (χ0) is 56.0. The summed E-state index contributed by atoms with van der Waals surface area (Å²) in [7, 11) is 0. The van der Waals surface area contributed by atoms with Gasteiger partial charge in [0, 0.05) is 6.42 Å². The highest BCUT2D eigenvalue weighted by molar-refractivity contribution is 5.76. The van der Waals surface area contributed by atoms with Crippen LogP contribution in [-0.2, 0) is 23.7 Å². The number of ether oxygens (including phenoxy) is 4. The van der Waals surface area contributed by atoms with E-state index in [1.807, 2.05) is 6.08 Å². The normalized spacial score (nSPS) is 25.1. The van der Waals surface area contributed by atoms with Gasteiger partial charge in [-0.2, -0.15) is 0 Å². The molecule has 14 nitrogen and oxygen atoms in total. The minimum atomic E-state index is -1.79. The SMILES string of the molecule is CC/C=C\C/C=C\C/C=C\C/C=C\CCCCCCCCCCCCCCC(=O)NC(COC1OC(CO)C(OC2OC(CO)C(O)C(O)C2O)C(O)C1O)C(O)/C=C/CCCCCCCCCCCCCCCCCC. The Morgan fingerprint density at radius 2 is 0.896 bits per heavy atom. The Kier molecular flexibility index (Phi) is 44.5. The minimum Gasteiger partial charge on any atom is -0.394 e. The van der Waals surface area contributed by atoms with Crippen LogP contribution in [0.1, 0.15) is 239 Å². The quantitative estimate of drug-likeness (QED) is 0.0204. The number of aliphatic hydroxyl groups excluding tert-OH is 8. The smallest absolute Gasteiger partial charge is 0.220 e. The first-order valence-electron chi connectivity index (χ1n) is 31.0. The number of nitrogens with one attached hydrogen (secondary N) is 1. The number of unbranched alkanes of at least 4 members (excludes halogenated alkanes) is 28.